The molecule has 2 aromatic carbocycles. The fourth-order valence-corrected chi connectivity index (χ4v) is 12.7. The molecule has 0 aromatic heterocycles. The second kappa shape index (κ2) is 58.5. The molecule has 2 aromatic rings. The molecule has 80 heavy (non-hydrogen) atoms. The van der Waals surface area contributed by atoms with Crippen LogP contribution in [0.25, 0.3) is 0 Å². The van der Waals surface area contributed by atoms with Gasteiger partial charge in [0.15, 0.2) is 5.78 Å². The number of benzene rings is 2. The van der Waals surface area contributed by atoms with Crippen molar-refractivity contribution in [3.63, 3.8) is 0 Å². The summed E-state index contributed by atoms with van der Waals surface area (Å²) in [5.74, 6) is 0.197. The largest absolute Gasteiger partial charge is 0.370 e. The van der Waals surface area contributed by atoms with Crippen molar-refractivity contribution in [3.8, 4) is 0 Å². The minimum atomic E-state index is 0.197. The lowest BCUT2D eigenvalue weighted by Gasteiger charge is -2.34. The first-order chi connectivity index (χ1) is 39.7. The molecule has 0 N–H and O–H groups in total. The molecule has 0 heterocycles. The van der Waals surface area contributed by atoms with Crippen LogP contribution in [0.3, 0.4) is 0 Å². The summed E-state index contributed by atoms with van der Waals surface area (Å²) in [6.07, 6.45) is 77.7. The van der Waals surface area contributed by atoms with Crippen molar-refractivity contribution in [2.45, 2.75) is 387 Å². The Morgan fingerprint density at radius 2 is 0.475 bits per heavy atom. The zero-order valence-electron chi connectivity index (χ0n) is 54.8. The molecule has 0 saturated carbocycles. The van der Waals surface area contributed by atoms with Crippen LogP contribution in [0.15, 0.2) is 48.5 Å². The molecule has 0 unspecified atom stereocenters. The SMILES string of the molecule is CCCCCCCCCCCCCCCCN(CCCCCCCCCCCCCCCC)c1cccc(C(=O)c2ccccc2)c1N(CCCCCCCCCCCCCCCC)CCCCCCCCCCCCCCCC. The second-order valence-electron chi connectivity index (χ2n) is 25.7. The zero-order chi connectivity index (χ0) is 57.1. The van der Waals surface area contributed by atoms with Crippen LogP contribution in [0.4, 0.5) is 11.4 Å². The molecule has 2 rings (SSSR count). The summed E-state index contributed by atoms with van der Waals surface area (Å²) in [4.78, 5) is 20.4. The van der Waals surface area contributed by atoms with E-state index in [0.29, 0.717) is 0 Å². The smallest absolute Gasteiger partial charge is 0.195 e. The molecular formula is C77H140N2O. The predicted octanol–water partition coefficient (Wildman–Crippen LogP) is 26.5. The number of anilines is 2. The number of rotatable bonds is 64. The zero-order valence-corrected chi connectivity index (χ0v) is 54.8. The molecule has 0 aliphatic rings. The lowest BCUT2D eigenvalue weighted by atomic mass is 9.98. The highest BCUT2D eigenvalue weighted by Gasteiger charge is 2.24. The lowest BCUT2D eigenvalue weighted by Crippen LogP contribution is -2.33. The van der Waals surface area contributed by atoms with E-state index in [1.807, 2.05) is 12.1 Å². The average molecular weight is 1110 g/mol. The number of hydrogen-bond donors (Lipinski definition) is 0. The molecule has 3 nitrogen and oxygen atoms in total. The summed E-state index contributed by atoms with van der Waals surface area (Å²) in [6, 6.07) is 17.1. The van der Waals surface area contributed by atoms with Crippen LogP contribution in [-0.4, -0.2) is 32.0 Å². The molecule has 0 aliphatic carbocycles. The maximum Gasteiger partial charge on any atom is 0.195 e. The van der Waals surface area contributed by atoms with Crippen LogP contribution in [-0.2, 0) is 0 Å². The van der Waals surface area contributed by atoms with Crippen molar-refractivity contribution in [2.75, 3.05) is 36.0 Å². The van der Waals surface area contributed by atoms with Crippen molar-refractivity contribution in [2.24, 2.45) is 0 Å². The Labute approximate surface area is 502 Å². The van der Waals surface area contributed by atoms with Gasteiger partial charge in [0, 0.05) is 37.3 Å². The molecule has 0 atom stereocenters. The van der Waals surface area contributed by atoms with E-state index in [2.05, 4.69) is 73.9 Å². The van der Waals surface area contributed by atoms with Crippen molar-refractivity contribution < 1.29 is 4.79 Å². The van der Waals surface area contributed by atoms with Crippen molar-refractivity contribution in [1.82, 2.24) is 0 Å². The van der Waals surface area contributed by atoms with Crippen LogP contribution in [0.2, 0.25) is 0 Å². The summed E-state index contributed by atoms with van der Waals surface area (Å²) in [6.45, 7) is 13.6. The average Bonchev–Trinajstić information content (AvgIpc) is 3.49. The van der Waals surface area contributed by atoms with Gasteiger partial charge >= 0.3 is 0 Å². The van der Waals surface area contributed by atoms with Crippen LogP contribution in [0, 0.1) is 0 Å². The molecule has 0 radical (unpaired) electrons. The van der Waals surface area contributed by atoms with Gasteiger partial charge in [-0.1, -0.05) is 398 Å². The van der Waals surface area contributed by atoms with Gasteiger partial charge < -0.3 is 9.80 Å². The van der Waals surface area contributed by atoms with Gasteiger partial charge in [0.2, 0.25) is 0 Å². The molecule has 0 bridgehead atoms. The van der Waals surface area contributed by atoms with Gasteiger partial charge in [0.25, 0.3) is 0 Å². The molecule has 0 amide bonds. The van der Waals surface area contributed by atoms with E-state index < -0.39 is 0 Å². The van der Waals surface area contributed by atoms with E-state index in [4.69, 9.17) is 0 Å². The van der Waals surface area contributed by atoms with Crippen LogP contribution in [0.5, 0.6) is 0 Å². The number of unbranched alkanes of at least 4 members (excludes halogenated alkanes) is 52. The summed E-state index contributed by atoms with van der Waals surface area (Å²) in [5, 5.41) is 0. The monoisotopic (exact) mass is 1110 g/mol. The van der Waals surface area contributed by atoms with Gasteiger partial charge in [-0.25, -0.2) is 0 Å². The predicted molar refractivity (Wildman–Crippen MR) is 362 cm³/mol. The Hall–Kier alpha value is -2.29. The first kappa shape index (κ1) is 73.8. The molecule has 3 heteroatoms. The Morgan fingerprint density at radius 1 is 0.250 bits per heavy atom. The number of hydrogen-bond acceptors (Lipinski definition) is 3. The van der Waals surface area contributed by atoms with Crippen LogP contribution in [0.1, 0.15) is 403 Å². The Bertz CT molecular complexity index is 1490. The third kappa shape index (κ3) is 42.5. The molecule has 464 valence electrons. The summed E-state index contributed by atoms with van der Waals surface area (Å²) >= 11 is 0. The van der Waals surface area contributed by atoms with E-state index in [1.54, 1.807) is 0 Å². The van der Waals surface area contributed by atoms with Crippen molar-refractivity contribution in [1.29, 1.82) is 0 Å². The number of para-hydroxylation sites is 1. The maximum absolute atomic E-state index is 14.9. The third-order valence-corrected chi connectivity index (χ3v) is 18.1. The number of nitrogens with zero attached hydrogens (tertiary/aromatic N) is 2. The fourth-order valence-electron chi connectivity index (χ4n) is 12.7. The van der Waals surface area contributed by atoms with Gasteiger partial charge in [-0.05, 0) is 37.8 Å². The molecule has 0 aliphatic heterocycles. The molecular weight excluding hydrogens is 969 g/mol. The van der Waals surface area contributed by atoms with Crippen molar-refractivity contribution >= 4 is 17.2 Å². The molecule has 0 spiro atoms. The lowest BCUT2D eigenvalue weighted by molar-refractivity contribution is 0.103. The van der Waals surface area contributed by atoms with Gasteiger partial charge in [-0.2, -0.15) is 0 Å². The summed E-state index contributed by atoms with van der Waals surface area (Å²) < 4.78 is 0. The quantitative estimate of drug-likeness (QED) is 0.0487. The standard InChI is InChI=1S/C77H140N2O/c1-5-9-13-17-21-25-29-33-37-41-45-49-53-60-69-78(70-61-54-50-46-42-38-34-30-26-22-18-14-10-6-2)75-68-64-67-74(77(80)73-65-58-57-59-66-73)76(75)79(71-62-55-51-47-43-39-35-31-27-23-19-15-11-7-3)72-63-56-52-48-44-40-36-32-28-24-20-16-12-8-4/h57-59,64-68H,5-56,60-63,69-72H2,1-4H3. The minimum absolute atomic E-state index is 0.197. The number of carbonyl (C=O) groups excluding carboxylic acids is 1. The summed E-state index contributed by atoms with van der Waals surface area (Å²) in [7, 11) is 0. The Morgan fingerprint density at radius 3 is 0.725 bits per heavy atom. The minimum Gasteiger partial charge on any atom is -0.370 e. The highest BCUT2D eigenvalue weighted by atomic mass is 16.1. The van der Waals surface area contributed by atoms with Gasteiger partial charge in [-0.3, -0.25) is 4.79 Å². The van der Waals surface area contributed by atoms with E-state index >= 15 is 0 Å². The van der Waals surface area contributed by atoms with E-state index in [9.17, 15) is 4.79 Å². The van der Waals surface area contributed by atoms with Gasteiger partial charge in [-0.15, -0.1) is 0 Å². The van der Waals surface area contributed by atoms with E-state index in [-0.39, 0.29) is 5.78 Å². The van der Waals surface area contributed by atoms with Gasteiger partial charge in [0.05, 0.1) is 11.4 Å². The second-order valence-corrected chi connectivity index (χ2v) is 25.7. The highest BCUT2D eigenvalue weighted by molar-refractivity contribution is 6.14. The Kier molecular flexibility index (Phi) is 54.0. The van der Waals surface area contributed by atoms with Crippen LogP contribution < -0.4 is 9.80 Å². The Balaban J connectivity index is 2.21. The first-order valence-electron chi connectivity index (χ1n) is 36.9. The van der Waals surface area contributed by atoms with E-state index in [1.165, 1.54) is 371 Å². The highest BCUT2D eigenvalue weighted by Crippen LogP contribution is 2.37. The normalized spacial score (nSPS) is 11.6. The van der Waals surface area contributed by atoms with Crippen LogP contribution >= 0.6 is 0 Å². The third-order valence-electron chi connectivity index (χ3n) is 18.1. The first-order valence-corrected chi connectivity index (χ1v) is 36.9. The number of carbonyl (C=O) groups is 1. The maximum atomic E-state index is 14.9. The number of ketones is 1. The van der Waals surface area contributed by atoms with Gasteiger partial charge in [0.1, 0.15) is 0 Å². The van der Waals surface area contributed by atoms with E-state index in [0.717, 1.165) is 37.3 Å². The molecule has 0 fully saturated rings. The topological polar surface area (TPSA) is 23.6 Å². The van der Waals surface area contributed by atoms with Crippen molar-refractivity contribution in [3.05, 3.63) is 59.7 Å². The molecule has 0 saturated heterocycles. The fraction of sp³-hybridized carbons (Fsp3) is 0.831. The summed E-state index contributed by atoms with van der Waals surface area (Å²) in [5.41, 5.74) is 4.34.